The van der Waals surface area contributed by atoms with E-state index in [1.54, 1.807) is 79.9 Å². The van der Waals surface area contributed by atoms with Crippen LogP contribution >= 0.6 is 0 Å². The molecule has 4 aromatic rings. The average molecular weight is 522 g/mol. The highest BCUT2D eigenvalue weighted by Gasteiger charge is 2.40. The number of hydrogen-bond donors (Lipinski definition) is 2. The molecule has 1 aliphatic rings. The fourth-order valence-corrected chi connectivity index (χ4v) is 4.93. The molecule has 0 aliphatic carbocycles. The first-order chi connectivity index (χ1) is 19.0. The Morgan fingerprint density at radius 3 is 1.85 bits per heavy atom. The molecule has 7 nitrogen and oxygen atoms in total. The summed E-state index contributed by atoms with van der Waals surface area (Å²) in [4.78, 5) is 30.7. The van der Waals surface area contributed by atoms with Gasteiger partial charge in [-0.2, -0.15) is 0 Å². The predicted molar refractivity (Wildman–Crippen MR) is 152 cm³/mol. The molecule has 1 fully saturated rings. The molecule has 5 rings (SSSR count). The van der Waals surface area contributed by atoms with Crippen LogP contribution in [-0.4, -0.2) is 55.1 Å². The summed E-state index contributed by atoms with van der Waals surface area (Å²) in [5.41, 5.74) is 1.11. The van der Waals surface area contributed by atoms with E-state index in [0.29, 0.717) is 48.6 Å². The average Bonchev–Trinajstić information content (AvgIpc) is 3.01. The van der Waals surface area contributed by atoms with E-state index in [1.165, 1.54) is 0 Å². The van der Waals surface area contributed by atoms with Gasteiger partial charge >= 0.3 is 0 Å². The maximum atomic E-state index is 13.4. The van der Waals surface area contributed by atoms with Crippen LogP contribution in [0.5, 0.6) is 5.75 Å². The number of para-hydroxylation sites is 2. The summed E-state index contributed by atoms with van der Waals surface area (Å²) in [5.74, 6) is 0.186. The van der Waals surface area contributed by atoms with Crippen molar-refractivity contribution >= 4 is 23.2 Å². The largest absolute Gasteiger partial charge is 0.495 e. The SMILES string of the molecule is COc1ccccc1N1CCN(C(=O)c2ccc(NC(=O)C(O)(c3ccccc3)c3ccccc3)cc2)CC1. The van der Waals surface area contributed by atoms with Gasteiger partial charge in [0.25, 0.3) is 11.8 Å². The minimum atomic E-state index is -1.88. The first-order valence-electron chi connectivity index (χ1n) is 12.9. The van der Waals surface area contributed by atoms with E-state index in [9.17, 15) is 14.7 Å². The van der Waals surface area contributed by atoms with Gasteiger partial charge in [0.1, 0.15) is 5.75 Å². The van der Waals surface area contributed by atoms with Crippen molar-refractivity contribution in [2.45, 2.75) is 5.60 Å². The molecular weight excluding hydrogens is 490 g/mol. The number of rotatable bonds is 7. The molecule has 0 radical (unpaired) electrons. The van der Waals surface area contributed by atoms with Crippen molar-refractivity contribution in [3.05, 3.63) is 126 Å². The number of benzene rings is 4. The number of anilines is 2. The van der Waals surface area contributed by atoms with Gasteiger partial charge in [0, 0.05) is 37.4 Å². The van der Waals surface area contributed by atoms with Crippen molar-refractivity contribution in [1.29, 1.82) is 0 Å². The van der Waals surface area contributed by atoms with Crippen LogP contribution < -0.4 is 15.0 Å². The number of nitrogens with one attached hydrogen (secondary N) is 1. The summed E-state index contributed by atoms with van der Waals surface area (Å²) in [6, 6.07) is 32.4. The van der Waals surface area contributed by atoms with E-state index in [2.05, 4.69) is 10.2 Å². The molecule has 1 saturated heterocycles. The van der Waals surface area contributed by atoms with Gasteiger partial charge < -0.3 is 25.0 Å². The molecule has 1 heterocycles. The van der Waals surface area contributed by atoms with E-state index in [-0.39, 0.29) is 5.91 Å². The van der Waals surface area contributed by atoms with Crippen LogP contribution in [0.3, 0.4) is 0 Å². The fourth-order valence-electron chi connectivity index (χ4n) is 4.93. The minimum absolute atomic E-state index is 0.0578. The van der Waals surface area contributed by atoms with Crippen molar-refractivity contribution in [1.82, 2.24) is 4.90 Å². The Hall–Kier alpha value is -4.62. The molecule has 39 heavy (non-hydrogen) atoms. The second kappa shape index (κ2) is 11.4. The van der Waals surface area contributed by atoms with Crippen LogP contribution in [0.1, 0.15) is 21.5 Å². The zero-order valence-electron chi connectivity index (χ0n) is 21.8. The number of carbonyl (C=O) groups is 2. The van der Waals surface area contributed by atoms with Gasteiger partial charge in [-0.05, 0) is 47.5 Å². The lowest BCUT2D eigenvalue weighted by atomic mass is 9.85. The maximum Gasteiger partial charge on any atom is 0.265 e. The van der Waals surface area contributed by atoms with Gasteiger partial charge in [0.2, 0.25) is 0 Å². The standard InChI is InChI=1S/C32H31N3O4/c1-39-29-15-9-8-14-28(29)34-20-22-35(23-21-34)30(36)24-16-18-27(19-17-24)33-31(37)32(38,25-10-4-2-5-11-25)26-12-6-3-7-13-26/h2-19,38H,20-23H2,1H3,(H,33,37). The predicted octanol–water partition coefficient (Wildman–Crippen LogP) is 4.53. The fraction of sp³-hybridized carbons (Fsp3) is 0.188. The summed E-state index contributed by atoms with van der Waals surface area (Å²) < 4.78 is 5.48. The lowest BCUT2D eigenvalue weighted by Crippen LogP contribution is -2.48. The van der Waals surface area contributed by atoms with E-state index in [4.69, 9.17) is 4.74 Å². The first-order valence-corrected chi connectivity index (χ1v) is 12.9. The second-order valence-electron chi connectivity index (χ2n) is 9.43. The molecule has 0 spiro atoms. The summed E-state index contributed by atoms with van der Waals surface area (Å²) >= 11 is 0. The molecule has 0 unspecified atom stereocenters. The molecule has 0 bridgehead atoms. The zero-order chi connectivity index (χ0) is 27.2. The van der Waals surface area contributed by atoms with Crippen molar-refractivity contribution in [2.24, 2.45) is 0 Å². The Bertz CT molecular complexity index is 1380. The van der Waals surface area contributed by atoms with Gasteiger partial charge in [0.15, 0.2) is 5.60 Å². The van der Waals surface area contributed by atoms with Crippen LogP contribution in [0.15, 0.2) is 109 Å². The third-order valence-electron chi connectivity index (χ3n) is 7.09. The second-order valence-corrected chi connectivity index (χ2v) is 9.43. The Morgan fingerprint density at radius 1 is 0.744 bits per heavy atom. The Labute approximate surface area is 228 Å². The van der Waals surface area contributed by atoms with E-state index >= 15 is 0 Å². The maximum absolute atomic E-state index is 13.4. The zero-order valence-corrected chi connectivity index (χ0v) is 21.8. The molecule has 198 valence electrons. The Morgan fingerprint density at radius 2 is 1.28 bits per heavy atom. The lowest BCUT2D eigenvalue weighted by Gasteiger charge is -2.36. The molecule has 7 heteroatoms. The number of nitrogens with zero attached hydrogens (tertiary/aromatic N) is 2. The monoisotopic (exact) mass is 521 g/mol. The molecule has 4 aromatic carbocycles. The van der Waals surface area contributed by atoms with Crippen LogP contribution in [0.25, 0.3) is 0 Å². The quantitative estimate of drug-likeness (QED) is 0.373. The van der Waals surface area contributed by atoms with Crippen molar-refractivity contribution in [3.63, 3.8) is 0 Å². The molecule has 2 amide bonds. The summed E-state index contributed by atoms with van der Waals surface area (Å²) in [7, 11) is 1.66. The normalized spacial score (nSPS) is 13.6. The highest BCUT2D eigenvalue weighted by atomic mass is 16.5. The summed E-state index contributed by atoms with van der Waals surface area (Å²) in [5, 5.41) is 14.5. The molecular formula is C32H31N3O4. The summed E-state index contributed by atoms with van der Waals surface area (Å²) in [6.07, 6.45) is 0. The van der Waals surface area contributed by atoms with E-state index in [1.807, 2.05) is 41.3 Å². The van der Waals surface area contributed by atoms with E-state index in [0.717, 1.165) is 11.4 Å². The van der Waals surface area contributed by atoms with Gasteiger partial charge in [-0.15, -0.1) is 0 Å². The van der Waals surface area contributed by atoms with E-state index < -0.39 is 11.5 Å². The lowest BCUT2D eigenvalue weighted by molar-refractivity contribution is -0.131. The van der Waals surface area contributed by atoms with Gasteiger partial charge in [-0.1, -0.05) is 72.8 Å². The van der Waals surface area contributed by atoms with Gasteiger partial charge in [-0.25, -0.2) is 0 Å². The summed E-state index contributed by atoms with van der Waals surface area (Å²) in [6.45, 7) is 2.60. The van der Waals surface area contributed by atoms with Crippen LogP contribution in [0, 0.1) is 0 Å². The highest BCUT2D eigenvalue weighted by Crippen LogP contribution is 2.32. The number of hydrogen-bond acceptors (Lipinski definition) is 5. The molecule has 0 saturated carbocycles. The minimum Gasteiger partial charge on any atom is -0.495 e. The number of ether oxygens (including phenoxy) is 1. The third kappa shape index (κ3) is 5.35. The number of piperazine rings is 1. The van der Waals surface area contributed by atoms with Crippen LogP contribution in [0.2, 0.25) is 0 Å². The number of amides is 2. The van der Waals surface area contributed by atoms with Gasteiger partial charge in [-0.3, -0.25) is 9.59 Å². The number of methoxy groups -OCH3 is 1. The molecule has 0 aromatic heterocycles. The molecule has 2 N–H and O–H groups in total. The highest BCUT2D eigenvalue weighted by molar-refractivity contribution is 6.01. The third-order valence-corrected chi connectivity index (χ3v) is 7.09. The number of aliphatic hydroxyl groups is 1. The first kappa shape index (κ1) is 26.0. The van der Waals surface area contributed by atoms with Crippen LogP contribution in [-0.2, 0) is 10.4 Å². The van der Waals surface area contributed by atoms with Crippen molar-refractivity contribution in [3.8, 4) is 5.75 Å². The van der Waals surface area contributed by atoms with Crippen LogP contribution in [0.4, 0.5) is 11.4 Å². The van der Waals surface area contributed by atoms with Crippen molar-refractivity contribution in [2.75, 3.05) is 43.5 Å². The smallest absolute Gasteiger partial charge is 0.265 e. The number of carbonyl (C=O) groups excluding carboxylic acids is 2. The van der Waals surface area contributed by atoms with Gasteiger partial charge in [0.05, 0.1) is 12.8 Å². The molecule has 1 aliphatic heterocycles. The van der Waals surface area contributed by atoms with Crippen molar-refractivity contribution < 1.29 is 19.4 Å². The topological polar surface area (TPSA) is 82.1 Å². The Kier molecular flexibility index (Phi) is 7.61. The molecule has 0 atom stereocenters. The Balaban J connectivity index is 1.26.